The van der Waals surface area contributed by atoms with Crippen molar-refractivity contribution in [1.29, 1.82) is 0 Å². The Labute approximate surface area is 143 Å². The van der Waals surface area contributed by atoms with E-state index in [1.807, 2.05) is 31.2 Å². The van der Waals surface area contributed by atoms with Crippen molar-refractivity contribution < 1.29 is 14.3 Å². The lowest BCUT2D eigenvalue weighted by Crippen LogP contribution is -2.74. The molecule has 5 heteroatoms. The molecule has 5 nitrogen and oxygen atoms in total. The Morgan fingerprint density at radius 3 is 2.50 bits per heavy atom. The number of carbonyl (C=O) groups excluding carboxylic acids is 2. The maximum absolute atomic E-state index is 13.0. The van der Waals surface area contributed by atoms with Crippen LogP contribution in [0, 0.1) is 5.41 Å². The Kier molecular flexibility index (Phi) is 4.78. The second-order valence-electron chi connectivity index (χ2n) is 6.78. The Morgan fingerprint density at radius 2 is 1.92 bits per heavy atom. The van der Waals surface area contributed by atoms with E-state index in [0.717, 1.165) is 50.0 Å². The molecule has 1 saturated heterocycles. The van der Waals surface area contributed by atoms with Crippen LogP contribution in [0.5, 0.6) is 5.75 Å². The van der Waals surface area contributed by atoms with E-state index in [4.69, 9.17) is 4.74 Å². The number of anilines is 1. The molecule has 1 saturated carbocycles. The van der Waals surface area contributed by atoms with Gasteiger partial charge >= 0.3 is 0 Å². The third-order valence-corrected chi connectivity index (χ3v) is 5.32. The van der Waals surface area contributed by atoms with Crippen LogP contribution in [-0.4, -0.2) is 31.5 Å². The SMILES string of the molecule is CCCNC(=O)C1N(c2ccc(OC)cc2)C(=O)C12CCCCC2. The van der Waals surface area contributed by atoms with Gasteiger partial charge in [0.05, 0.1) is 12.5 Å². The van der Waals surface area contributed by atoms with Crippen molar-refractivity contribution in [3.8, 4) is 5.75 Å². The lowest BCUT2D eigenvalue weighted by molar-refractivity contribution is -0.150. The first-order valence-corrected chi connectivity index (χ1v) is 8.89. The highest BCUT2D eigenvalue weighted by molar-refractivity contribution is 6.14. The highest BCUT2D eigenvalue weighted by Crippen LogP contribution is 2.51. The number of benzene rings is 1. The Hall–Kier alpha value is -2.04. The van der Waals surface area contributed by atoms with Gasteiger partial charge in [0.15, 0.2) is 0 Å². The van der Waals surface area contributed by atoms with Crippen molar-refractivity contribution in [2.45, 2.75) is 51.5 Å². The van der Waals surface area contributed by atoms with Crippen LogP contribution < -0.4 is 15.0 Å². The molecule has 2 aliphatic rings. The van der Waals surface area contributed by atoms with Crippen LogP contribution in [0.25, 0.3) is 0 Å². The number of ether oxygens (including phenoxy) is 1. The summed E-state index contributed by atoms with van der Waals surface area (Å²) in [5.41, 5.74) is 0.282. The molecule has 130 valence electrons. The molecule has 1 unspecified atom stereocenters. The molecule has 1 N–H and O–H groups in total. The minimum Gasteiger partial charge on any atom is -0.497 e. The monoisotopic (exact) mass is 330 g/mol. The zero-order valence-corrected chi connectivity index (χ0v) is 14.5. The van der Waals surface area contributed by atoms with Crippen LogP contribution in [0.4, 0.5) is 5.69 Å². The second-order valence-corrected chi connectivity index (χ2v) is 6.78. The van der Waals surface area contributed by atoms with Gasteiger partial charge in [0.2, 0.25) is 11.8 Å². The van der Waals surface area contributed by atoms with Crippen LogP contribution in [0.2, 0.25) is 0 Å². The Morgan fingerprint density at radius 1 is 1.25 bits per heavy atom. The number of hydrogen-bond acceptors (Lipinski definition) is 3. The van der Waals surface area contributed by atoms with Crippen molar-refractivity contribution in [2.75, 3.05) is 18.6 Å². The molecule has 1 spiro atoms. The van der Waals surface area contributed by atoms with Gasteiger partial charge in [0, 0.05) is 12.2 Å². The van der Waals surface area contributed by atoms with Gasteiger partial charge in [-0.3, -0.25) is 14.5 Å². The lowest BCUT2D eigenvalue weighted by Gasteiger charge is -2.56. The Balaban J connectivity index is 1.88. The zero-order valence-electron chi connectivity index (χ0n) is 14.5. The molecule has 1 heterocycles. The summed E-state index contributed by atoms with van der Waals surface area (Å²) in [6, 6.07) is 6.98. The van der Waals surface area contributed by atoms with Crippen LogP contribution in [-0.2, 0) is 9.59 Å². The van der Waals surface area contributed by atoms with Gasteiger partial charge in [-0.1, -0.05) is 26.2 Å². The first-order chi connectivity index (χ1) is 11.6. The summed E-state index contributed by atoms with van der Waals surface area (Å²) in [5, 5.41) is 2.99. The molecule has 0 radical (unpaired) electrons. The molecule has 1 aliphatic heterocycles. The van der Waals surface area contributed by atoms with Gasteiger partial charge in [0.1, 0.15) is 11.8 Å². The molecule has 0 bridgehead atoms. The first-order valence-electron chi connectivity index (χ1n) is 8.89. The molecular weight excluding hydrogens is 304 g/mol. The van der Waals surface area contributed by atoms with Crippen LogP contribution in [0.3, 0.4) is 0 Å². The average Bonchev–Trinajstić information content (AvgIpc) is 2.64. The van der Waals surface area contributed by atoms with Crippen molar-refractivity contribution >= 4 is 17.5 Å². The van der Waals surface area contributed by atoms with Crippen molar-refractivity contribution in [3.63, 3.8) is 0 Å². The van der Waals surface area contributed by atoms with Gasteiger partial charge in [-0.15, -0.1) is 0 Å². The van der Waals surface area contributed by atoms with Crippen molar-refractivity contribution in [3.05, 3.63) is 24.3 Å². The van der Waals surface area contributed by atoms with E-state index in [1.54, 1.807) is 12.0 Å². The van der Waals surface area contributed by atoms with Crippen LogP contribution in [0.1, 0.15) is 45.4 Å². The number of hydrogen-bond donors (Lipinski definition) is 1. The number of rotatable bonds is 5. The van der Waals surface area contributed by atoms with Gasteiger partial charge in [-0.25, -0.2) is 0 Å². The quantitative estimate of drug-likeness (QED) is 0.845. The normalized spacial score (nSPS) is 22.2. The highest BCUT2D eigenvalue weighted by atomic mass is 16.5. The topological polar surface area (TPSA) is 58.6 Å². The van der Waals surface area contributed by atoms with Crippen LogP contribution >= 0.6 is 0 Å². The van der Waals surface area contributed by atoms with Crippen molar-refractivity contribution in [2.24, 2.45) is 5.41 Å². The second kappa shape index (κ2) is 6.83. The molecule has 1 aromatic carbocycles. The largest absolute Gasteiger partial charge is 0.497 e. The maximum atomic E-state index is 13.0. The molecule has 3 rings (SSSR count). The van der Waals surface area contributed by atoms with Crippen molar-refractivity contribution in [1.82, 2.24) is 5.32 Å². The summed E-state index contributed by atoms with van der Waals surface area (Å²) in [5.74, 6) is 0.823. The Bertz CT molecular complexity index is 606. The zero-order chi connectivity index (χ0) is 17.2. The minimum absolute atomic E-state index is 0.0193. The highest BCUT2D eigenvalue weighted by Gasteiger charge is 2.63. The number of nitrogens with one attached hydrogen (secondary N) is 1. The summed E-state index contributed by atoms with van der Waals surface area (Å²) in [6.07, 6.45) is 5.74. The number of nitrogens with zero attached hydrogens (tertiary/aromatic N) is 1. The number of β-lactam (4-membered cyclic amide) rings is 1. The van der Waals surface area contributed by atoms with E-state index in [9.17, 15) is 9.59 Å². The number of carbonyl (C=O) groups is 2. The van der Waals surface area contributed by atoms with E-state index >= 15 is 0 Å². The molecular formula is C19H26N2O3. The number of methoxy groups -OCH3 is 1. The smallest absolute Gasteiger partial charge is 0.244 e. The molecule has 2 fully saturated rings. The third kappa shape index (κ3) is 2.66. The predicted molar refractivity (Wildman–Crippen MR) is 93.1 cm³/mol. The van der Waals surface area contributed by atoms with E-state index < -0.39 is 5.41 Å². The minimum atomic E-state index is -0.490. The average molecular weight is 330 g/mol. The maximum Gasteiger partial charge on any atom is 0.244 e. The molecule has 2 amide bonds. The number of amides is 2. The standard InChI is InChI=1S/C19H26N2O3/c1-3-13-20-17(22)16-19(11-5-4-6-12-19)18(23)21(16)14-7-9-15(24-2)10-8-14/h7-10,16H,3-6,11-13H2,1-2H3,(H,20,22). The van der Waals surface area contributed by atoms with E-state index in [1.165, 1.54) is 0 Å². The molecule has 0 aromatic heterocycles. The summed E-state index contributed by atoms with van der Waals surface area (Å²) in [4.78, 5) is 27.5. The van der Waals surface area contributed by atoms with Gasteiger partial charge < -0.3 is 10.1 Å². The predicted octanol–water partition coefficient (Wildman–Crippen LogP) is 2.89. The van der Waals surface area contributed by atoms with Crippen LogP contribution in [0.15, 0.2) is 24.3 Å². The molecule has 1 atom stereocenters. The molecule has 24 heavy (non-hydrogen) atoms. The van der Waals surface area contributed by atoms with Gasteiger partial charge in [-0.2, -0.15) is 0 Å². The first kappa shape index (κ1) is 16.8. The fourth-order valence-corrected chi connectivity index (χ4v) is 4.05. The fraction of sp³-hybridized carbons (Fsp3) is 0.579. The summed E-state index contributed by atoms with van der Waals surface area (Å²) in [6.45, 7) is 2.68. The summed E-state index contributed by atoms with van der Waals surface area (Å²) >= 11 is 0. The van der Waals surface area contributed by atoms with E-state index in [2.05, 4.69) is 5.32 Å². The molecule has 1 aromatic rings. The lowest BCUT2D eigenvalue weighted by atomic mass is 9.61. The van der Waals surface area contributed by atoms with Gasteiger partial charge in [-0.05, 0) is 43.5 Å². The third-order valence-electron chi connectivity index (χ3n) is 5.32. The molecule has 1 aliphatic carbocycles. The fourth-order valence-electron chi connectivity index (χ4n) is 4.05. The summed E-state index contributed by atoms with van der Waals surface area (Å²) in [7, 11) is 1.61. The van der Waals surface area contributed by atoms with Gasteiger partial charge in [0.25, 0.3) is 0 Å². The van der Waals surface area contributed by atoms with E-state index in [0.29, 0.717) is 6.54 Å². The summed E-state index contributed by atoms with van der Waals surface area (Å²) < 4.78 is 5.18. The van der Waals surface area contributed by atoms with E-state index in [-0.39, 0.29) is 17.9 Å².